The molecule has 0 aromatic carbocycles. The molecule has 2 aromatic rings. The van der Waals surface area contributed by atoms with E-state index in [2.05, 4.69) is 32.5 Å². The third-order valence-corrected chi connectivity index (χ3v) is 2.86. The summed E-state index contributed by atoms with van der Waals surface area (Å²) in [5.74, 6) is 0.559. The quantitative estimate of drug-likeness (QED) is 0.883. The van der Waals surface area contributed by atoms with Gasteiger partial charge in [0.1, 0.15) is 0 Å². The number of aromatic nitrogens is 5. The first-order valence-corrected chi connectivity index (χ1v) is 6.03. The molecular formula is C12H18N6. The summed E-state index contributed by atoms with van der Waals surface area (Å²) < 4.78 is 1.83. The number of aryl methyl sites for hydroxylation is 4. The van der Waals surface area contributed by atoms with E-state index in [1.165, 1.54) is 5.56 Å². The van der Waals surface area contributed by atoms with Gasteiger partial charge in [0.25, 0.3) is 0 Å². The summed E-state index contributed by atoms with van der Waals surface area (Å²) in [5.41, 5.74) is 4.02. The third kappa shape index (κ3) is 2.64. The highest BCUT2D eigenvalue weighted by Gasteiger charge is 2.07. The smallest absolute Gasteiger partial charge is 0.243 e. The Labute approximate surface area is 106 Å². The van der Waals surface area contributed by atoms with E-state index in [-0.39, 0.29) is 0 Å². The molecule has 18 heavy (non-hydrogen) atoms. The standard InChI is InChI=1S/C12H18N6/c1-5-11-10(7-18(4)17-11)6-13-12-14-8(2)9(3)15-16-12/h7H,5-6H2,1-4H3,(H,13,14,16). The molecule has 0 saturated heterocycles. The van der Waals surface area contributed by atoms with Crippen LogP contribution >= 0.6 is 0 Å². The van der Waals surface area contributed by atoms with Crippen molar-refractivity contribution in [3.8, 4) is 0 Å². The summed E-state index contributed by atoms with van der Waals surface area (Å²) in [4.78, 5) is 4.34. The predicted octanol–water partition coefficient (Wildman–Crippen LogP) is 1.40. The molecule has 0 spiro atoms. The van der Waals surface area contributed by atoms with Crippen molar-refractivity contribution in [2.24, 2.45) is 7.05 Å². The third-order valence-electron chi connectivity index (χ3n) is 2.86. The normalized spacial score (nSPS) is 10.7. The number of hydrogen-bond donors (Lipinski definition) is 1. The van der Waals surface area contributed by atoms with Gasteiger partial charge in [-0.05, 0) is 20.3 Å². The summed E-state index contributed by atoms with van der Waals surface area (Å²) in [7, 11) is 1.93. The van der Waals surface area contributed by atoms with E-state index < -0.39 is 0 Å². The molecular weight excluding hydrogens is 228 g/mol. The maximum atomic E-state index is 4.39. The van der Waals surface area contributed by atoms with Crippen LogP contribution in [0.4, 0.5) is 5.95 Å². The van der Waals surface area contributed by atoms with Crippen LogP contribution in [0.2, 0.25) is 0 Å². The second kappa shape index (κ2) is 5.12. The van der Waals surface area contributed by atoms with Crippen molar-refractivity contribution in [2.45, 2.75) is 33.7 Å². The van der Waals surface area contributed by atoms with Crippen LogP contribution in [-0.2, 0) is 20.0 Å². The zero-order valence-corrected chi connectivity index (χ0v) is 11.2. The average molecular weight is 246 g/mol. The fourth-order valence-electron chi connectivity index (χ4n) is 1.73. The zero-order valence-electron chi connectivity index (χ0n) is 11.2. The van der Waals surface area contributed by atoms with Crippen LogP contribution in [0.1, 0.15) is 29.6 Å². The van der Waals surface area contributed by atoms with E-state index >= 15 is 0 Å². The van der Waals surface area contributed by atoms with Gasteiger partial charge in [0.15, 0.2) is 0 Å². The first kappa shape index (κ1) is 12.5. The Kier molecular flexibility index (Phi) is 3.55. The number of hydrogen-bond acceptors (Lipinski definition) is 5. The van der Waals surface area contributed by atoms with Gasteiger partial charge >= 0.3 is 0 Å². The molecule has 0 unspecified atom stereocenters. The van der Waals surface area contributed by atoms with E-state index in [0.29, 0.717) is 12.5 Å². The molecule has 2 rings (SSSR count). The van der Waals surface area contributed by atoms with E-state index in [0.717, 1.165) is 23.5 Å². The Morgan fingerprint density at radius 2 is 2.00 bits per heavy atom. The number of nitrogens with one attached hydrogen (secondary N) is 1. The lowest BCUT2D eigenvalue weighted by Crippen LogP contribution is -2.07. The summed E-state index contributed by atoms with van der Waals surface area (Å²) in [5, 5.41) is 15.6. The lowest BCUT2D eigenvalue weighted by atomic mass is 10.2. The fraction of sp³-hybridized carbons (Fsp3) is 0.500. The van der Waals surface area contributed by atoms with Crippen molar-refractivity contribution in [1.82, 2.24) is 25.0 Å². The largest absolute Gasteiger partial charge is 0.349 e. The van der Waals surface area contributed by atoms with Crippen LogP contribution in [0.25, 0.3) is 0 Å². The van der Waals surface area contributed by atoms with E-state index in [1.807, 2.05) is 31.8 Å². The molecule has 0 radical (unpaired) electrons. The molecule has 0 fully saturated rings. The van der Waals surface area contributed by atoms with Crippen LogP contribution in [0.15, 0.2) is 6.20 Å². The Balaban J connectivity index is 2.08. The number of nitrogens with zero attached hydrogens (tertiary/aromatic N) is 5. The lowest BCUT2D eigenvalue weighted by Gasteiger charge is -2.05. The minimum Gasteiger partial charge on any atom is -0.349 e. The summed E-state index contributed by atoms with van der Waals surface area (Å²) in [6, 6.07) is 0. The van der Waals surface area contributed by atoms with Gasteiger partial charge < -0.3 is 5.32 Å². The SMILES string of the molecule is CCc1nn(C)cc1CNc1nnc(C)c(C)n1. The van der Waals surface area contributed by atoms with Crippen molar-refractivity contribution < 1.29 is 0 Å². The van der Waals surface area contributed by atoms with Crippen LogP contribution in [0.5, 0.6) is 0 Å². The molecule has 0 aliphatic rings. The predicted molar refractivity (Wildman–Crippen MR) is 69.2 cm³/mol. The number of anilines is 1. The maximum Gasteiger partial charge on any atom is 0.243 e. The van der Waals surface area contributed by atoms with Gasteiger partial charge in [0.05, 0.1) is 17.1 Å². The molecule has 0 amide bonds. The average Bonchev–Trinajstić information content (AvgIpc) is 2.71. The van der Waals surface area contributed by atoms with Gasteiger partial charge in [0, 0.05) is 25.4 Å². The molecule has 96 valence electrons. The topological polar surface area (TPSA) is 68.5 Å². The first-order chi connectivity index (χ1) is 8.60. The van der Waals surface area contributed by atoms with E-state index in [4.69, 9.17) is 0 Å². The van der Waals surface area contributed by atoms with Crippen LogP contribution in [-0.4, -0.2) is 25.0 Å². The van der Waals surface area contributed by atoms with Gasteiger partial charge in [-0.2, -0.15) is 10.2 Å². The molecule has 0 saturated carbocycles. The lowest BCUT2D eigenvalue weighted by molar-refractivity contribution is 0.746. The van der Waals surface area contributed by atoms with Crippen LogP contribution in [0, 0.1) is 13.8 Å². The highest BCUT2D eigenvalue weighted by Crippen LogP contribution is 2.09. The Bertz CT molecular complexity index is 545. The minimum absolute atomic E-state index is 0.559. The van der Waals surface area contributed by atoms with Crippen molar-refractivity contribution >= 4 is 5.95 Å². The minimum atomic E-state index is 0.559. The molecule has 0 aliphatic carbocycles. The van der Waals surface area contributed by atoms with Gasteiger partial charge in [-0.1, -0.05) is 6.92 Å². The second-order valence-electron chi connectivity index (χ2n) is 4.29. The van der Waals surface area contributed by atoms with Gasteiger partial charge in [-0.3, -0.25) is 4.68 Å². The Hall–Kier alpha value is -1.98. The number of rotatable bonds is 4. The Morgan fingerprint density at radius 3 is 2.67 bits per heavy atom. The molecule has 2 heterocycles. The molecule has 6 nitrogen and oxygen atoms in total. The molecule has 0 bridgehead atoms. The van der Waals surface area contributed by atoms with E-state index in [9.17, 15) is 0 Å². The maximum absolute atomic E-state index is 4.39. The van der Waals surface area contributed by atoms with Gasteiger partial charge in [-0.25, -0.2) is 4.98 Å². The van der Waals surface area contributed by atoms with Crippen molar-refractivity contribution in [3.05, 3.63) is 28.8 Å². The van der Waals surface area contributed by atoms with Crippen molar-refractivity contribution in [1.29, 1.82) is 0 Å². The highest BCUT2D eigenvalue weighted by molar-refractivity contribution is 5.28. The monoisotopic (exact) mass is 246 g/mol. The van der Waals surface area contributed by atoms with Gasteiger partial charge in [0.2, 0.25) is 5.95 Å². The summed E-state index contributed by atoms with van der Waals surface area (Å²) >= 11 is 0. The van der Waals surface area contributed by atoms with Crippen LogP contribution in [0.3, 0.4) is 0 Å². The molecule has 0 aliphatic heterocycles. The zero-order chi connectivity index (χ0) is 13.1. The molecule has 1 N–H and O–H groups in total. The molecule has 0 atom stereocenters. The van der Waals surface area contributed by atoms with Crippen molar-refractivity contribution in [3.63, 3.8) is 0 Å². The molecule has 6 heteroatoms. The second-order valence-corrected chi connectivity index (χ2v) is 4.29. The Morgan fingerprint density at radius 1 is 1.22 bits per heavy atom. The fourth-order valence-corrected chi connectivity index (χ4v) is 1.73. The highest BCUT2D eigenvalue weighted by atomic mass is 15.3. The first-order valence-electron chi connectivity index (χ1n) is 6.03. The van der Waals surface area contributed by atoms with Gasteiger partial charge in [-0.15, -0.1) is 5.10 Å². The van der Waals surface area contributed by atoms with Crippen molar-refractivity contribution in [2.75, 3.05) is 5.32 Å². The summed E-state index contributed by atoms with van der Waals surface area (Å²) in [6.07, 6.45) is 2.93. The molecule has 2 aromatic heterocycles. The van der Waals surface area contributed by atoms with E-state index in [1.54, 1.807) is 0 Å². The summed E-state index contributed by atoms with van der Waals surface area (Å²) in [6.45, 7) is 6.59. The van der Waals surface area contributed by atoms with Crippen LogP contribution < -0.4 is 5.32 Å².